The van der Waals surface area contributed by atoms with Crippen molar-refractivity contribution >= 4 is 6.09 Å². The van der Waals surface area contributed by atoms with Crippen LogP contribution in [0.5, 0.6) is 0 Å². The van der Waals surface area contributed by atoms with Crippen LogP contribution in [0.3, 0.4) is 0 Å². The van der Waals surface area contributed by atoms with E-state index in [0.717, 1.165) is 25.9 Å². The number of ether oxygens (including phenoxy) is 1. The highest BCUT2D eigenvalue weighted by Crippen LogP contribution is 2.24. The van der Waals surface area contributed by atoms with E-state index in [9.17, 15) is 4.79 Å². The molecule has 0 aliphatic carbocycles. The quantitative estimate of drug-likeness (QED) is 0.818. The lowest BCUT2D eigenvalue weighted by atomic mass is 9.94. The molecule has 128 valence electrons. The first-order valence-corrected chi connectivity index (χ1v) is 8.30. The van der Waals surface area contributed by atoms with Crippen molar-refractivity contribution in [1.29, 1.82) is 0 Å². The summed E-state index contributed by atoms with van der Waals surface area (Å²) in [6.45, 7) is 8.78. The number of carbonyl (C=O) groups excluding carboxylic acids is 1. The lowest BCUT2D eigenvalue weighted by molar-refractivity contribution is 0.0223. The van der Waals surface area contributed by atoms with Gasteiger partial charge in [-0.3, -0.25) is 0 Å². The number of rotatable bonds is 5. The molecule has 1 aliphatic heterocycles. The van der Waals surface area contributed by atoms with Gasteiger partial charge in [0.15, 0.2) is 0 Å². The van der Waals surface area contributed by atoms with Crippen LogP contribution < -0.4 is 5.32 Å². The van der Waals surface area contributed by atoms with E-state index >= 15 is 0 Å². The van der Waals surface area contributed by atoms with Crippen LogP contribution in [0.2, 0.25) is 0 Å². The number of hydrogen-bond donors (Lipinski definition) is 2. The van der Waals surface area contributed by atoms with E-state index in [0.29, 0.717) is 13.1 Å². The predicted molar refractivity (Wildman–Crippen MR) is 90.2 cm³/mol. The molecule has 0 radical (unpaired) electrons. The SMILES string of the molecule is CC(C)(C)OC(=O)N1CCc2c(CNCCCO)cccc2C1. The van der Waals surface area contributed by atoms with Crippen LogP contribution >= 0.6 is 0 Å². The summed E-state index contributed by atoms with van der Waals surface area (Å²) in [5.74, 6) is 0. The zero-order valence-corrected chi connectivity index (χ0v) is 14.4. The number of amides is 1. The van der Waals surface area contributed by atoms with Crippen molar-refractivity contribution in [3.05, 3.63) is 34.9 Å². The standard InChI is InChI=1S/C18H28N2O3/c1-18(2,3)23-17(22)20-10-8-16-14(12-19-9-5-11-21)6-4-7-15(16)13-20/h4,6-7,19,21H,5,8-13H2,1-3H3. The van der Waals surface area contributed by atoms with Gasteiger partial charge in [0, 0.05) is 26.2 Å². The Kier molecular flexibility index (Phi) is 6.02. The lowest BCUT2D eigenvalue weighted by Crippen LogP contribution is -2.40. The molecule has 1 aromatic rings. The fourth-order valence-corrected chi connectivity index (χ4v) is 2.76. The zero-order valence-electron chi connectivity index (χ0n) is 14.4. The van der Waals surface area contributed by atoms with Crippen molar-refractivity contribution < 1.29 is 14.6 Å². The Morgan fingerprint density at radius 2 is 2.17 bits per heavy atom. The average molecular weight is 320 g/mol. The van der Waals surface area contributed by atoms with Gasteiger partial charge < -0.3 is 20.1 Å². The summed E-state index contributed by atoms with van der Waals surface area (Å²) < 4.78 is 5.47. The molecular formula is C18H28N2O3. The summed E-state index contributed by atoms with van der Waals surface area (Å²) in [5, 5.41) is 12.2. The molecule has 0 fully saturated rings. The molecule has 1 heterocycles. The molecule has 1 aromatic carbocycles. The first-order valence-electron chi connectivity index (χ1n) is 8.30. The second kappa shape index (κ2) is 7.79. The Hall–Kier alpha value is -1.59. The molecule has 0 bridgehead atoms. The Morgan fingerprint density at radius 1 is 1.39 bits per heavy atom. The Balaban J connectivity index is 2.00. The van der Waals surface area contributed by atoms with Crippen LogP contribution in [0, 0.1) is 0 Å². The van der Waals surface area contributed by atoms with Crippen LogP contribution in [-0.2, 0) is 24.2 Å². The predicted octanol–water partition coefficient (Wildman–Crippen LogP) is 2.45. The molecule has 0 unspecified atom stereocenters. The average Bonchev–Trinajstić information content (AvgIpc) is 2.49. The molecule has 0 saturated heterocycles. The third kappa shape index (κ3) is 5.22. The fraction of sp³-hybridized carbons (Fsp3) is 0.611. The molecule has 0 spiro atoms. The Labute approximate surface area is 138 Å². The number of benzene rings is 1. The van der Waals surface area contributed by atoms with Gasteiger partial charge in [0.2, 0.25) is 0 Å². The van der Waals surface area contributed by atoms with E-state index < -0.39 is 5.60 Å². The number of hydrogen-bond acceptors (Lipinski definition) is 4. The highest BCUT2D eigenvalue weighted by molar-refractivity contribution is 5.68. The molecule has 2 rings (SSSR count). The minimum Gasteiger partial charge on any atom is -0.444 e. The third-order valence-corrected chi connectivity index (χ3v) is 3.84. The molecule has 5 nitrogen and oxygen atoms in total. The number of aliphatic hydroxyl groups excluding tert-OH is 1. The van der Waals surface area contributed by atoms with E-state index in [1.165, 1.54) is 16.7 Å². The van der Waals surface area contributed by atoms with Crippen LogP contribution in [-0.4, -0.2) is 41.4 Å². The maximum atomic E-state index is 12.2. The monoisotopic (exact) mass is 320 g/mol. The van der Waals surface area contributed by atoms with E-state index in [-0.39, 0.29) is 12.7 Å². The van der Waals surface area contributed by atoms with E-state index in [2.05, 4.69) is 17.4 Å². The number of nitrogens with zero attached hydrogens (tertiary/aromatic N) is 1. The fourth-order valence-electron chi connectivity index (χ4n) is 2.76. The van der Waals surface area contributed by atoms with Crippen LogP contribution in [0.1, 0.15) is 43.9 Å². The van der Waals surface area contributed by atoms with Gasteiger partial charge >= 0.3 is 6.09 Å². The second-order valence-electron chi connectivity index (χ2n) is 6.96. The molecule has 2 N–H and O–H groups in total. The summed E-state index contributed by atoms with van der Waals surface area (Å²) >= 11 is 0. The molecule has 0 aromatic heterocycles. The van der Waals surface area contributed by atoms with Gasteiger partial charge in [0.1, 0.15) is 5.60 Å². The minimum absolute atomic E-state index is 0.213. The topological polar surface area (TPSA) is 61.8 Å². The van der Waals surface area contributed by atoms with Crippen LogP contribution in [0.25, 0.3) is 0 Å². The van der Waals surface area contributed by atoms with Crippen molar-refractivity contribution in [3.8, 4) is 0 Å². The number of nitrogens with one attached hydrogen (secondary N) is 1. The van der Waals surface area contributed by atoms with Crippen molar-refractivity contribution in [3.63, 3.8) is 0 Å². The molecule has 0 saturated carbocycles. The smallest absolute Gasteiger partial charge is 0.410 e. The van der Waals surface area contributed by atoms with Gasteiger partial charge in [-0.2, -0.15) is 0 Å². The molecular weight excluding hydrogens is 292 g/mol. The first-order chi connectivity index (χ1) is 10.9. The van der Waals surface area contributed by atoms with Gasteiger partial charge in [0.05, 0.1) is 0 Å². The molecule has 1 aliphatic rings. The van der Waals surface area contributed by atoms with E-state index in [4.69, 9.17) is 9.84 Å². The molecule has 23 heavy (non-hydrogen) atoms. The lowest BCUT2D eigenvalue weighted by Gasteiger charge is -2.32. The Bertz CT molecular complexity index is 538. The van der Waals surface area contributed by atoms with Gasteiger partial charge in [-0.15, -0.1) is 0 Å². The second-order valence-corrected chi connectivity index (χ2v) is 6.96. The summed E-state index contributed by atoms with van der Waals surface area (Å²) in [4.78, 5) is 14.0. The van der Waals surface area contributed by atoms with Gasteiger partial charge in [0.25, 0.3) is 0 Å². The van der Waals surface area contributed by atoms with Crippen LogP contribution in [0.15, 0.2) is 18.2 Å². The Morgan fingerprint density at radius 3 is 2.87 bits per heavy atom. The first kappa shape index (κ1) is 17.8. The van der Waals surface area contributed by atoms with Gasteiger partial charge in [-0.1, -0.05) is 18.2 Å². The third-order valence-electron chi connectivity index (χ3n) is 3.84. The summed E-state index contributed by atoms with van der Waals surface area (Å²) in [6, 6.07) is 6.26. The number of aliphatic hydroxyl groups is 1. The summed E-state index contributed by atoms with van der Waals surface area (Å²) in [6.07, 6.45) is 1.38. The normalized spacial score (nSPS) is 14.5. The number of carbonyl (C=O) groups is 1. The van der Waals surface area contributed by atoms with Crippen molar-refractivity contribution in [2.75, 3.05) is 19.7 Å². The maximum Gasteiger partial charge on any atom is 0.410 e. The van der Waals surface area contributed by atoms with Crippen molar-refractivity contribution in [2.24, 2.45) is 0 Å². The highest BCUT2D eigenvalue weighted by atomic mass is 16.6. The van der Waals surface area contributed by atoms with Gasteiger partial charge in [-0.05, 0) is 56.8 Å². The van der Waals surface area contributed by atoms with Crippen LogP contribution in [0.4, 0.5) is 4.79 Å². The van der Waals surface area contributed by atoms with Gasteiger partial charge in [-0.25, -0.2) is 4.79 Å². The molecule has 0 atom stereocenters. The van der Waals surface area contributed by atoms with Crippen molar-refractivity contribution in [1.82, 2.24) is 10.2 Å². The van der Waals surface area contributed by atoms with E-state index in [1.54, 1.807) is 4.90 Å². The van der Waals surface area contributed by atoms with E-state index in [1.807, 2.05) is 26.8 Å². The molecule has 1 amide bonds. The zero-order chi connectivity index (χ0) is 16.9. The highest BCUT2D eigenvalue weighted by Gasteiger charge is 2.26. The maximum absolute atomic E-state index is 12.2. The summed E-state index contributed by atoms with van der Waals surface area (Å²) in [7, 11) is 0. The minimum atomic E-state index is -0.462. The largest absolute Gasteiger partial charge is 0.444 e. The van der Waals surface area contributed by atoms with Crippen molar-refractivity contribution in [2.45, 2.75) is 52.3 Å². The summed E-state index contributed by atoms with van der Waals surface area (Å²) in [5.41, 5.74) is 3.35. The number of fused-ring (bicyclic) bond motifs is 1. The molecule has 5 heteroatoms.